The predicted molar refractivity (Wildman–Crippen MR) is 146 cm³/mol. The highest BCUT2D eigenvalue weighted by Gasteiger charge is 2.39. The van der Waals surface area contributed by atoms with Gasteiger partial charge in [-0.05, 0) is 66.2 Å². The van der Waals surface area contributed by atoms with Gasteiger partial charge in [-0.1, -0.05) is 29.4 Å². The molecule has 0 aromatic heterocycles. The second-order valence-corrected chi connectivity index (χ2v) is 9.68. The Hall–Kier alpha value is -3.69. The van der Waals surface area contributed by atoms with E-state index >= 15 is 0 Å². The van der Waals surface area contributed by atoms with E-state index in [1.165, 1.54) is 11.8 Å². The van der Waals surface area contributed by atoms with Gasteiger partial charge < -0.3 is 19.5 Å². The van der Waals surface area contributed by atoms with Crippen LogP contribution in [0.3, 0.4) is 0 Å². The zero-order chi connectivity index (χ0) is 26.4. The van der Waals surface area contributed by atoms with E-state index in [-0.39, 0.29) is 24.8 Å². The van der Waals surface area contributed by atoms with Gasteiger partial charge in [0.15, 0.2) is 16.7 Å². The number of benzene rings is 3. The fourth-order valence-corrected chi connectivity index (χ4v) is 5.00. The van der Waals surface area contributed by atoms with Crippen LogP contribution in [0.4, 0.5) is 11.4 Å². The van der Waals surface area contributed by atoms with Crippen LogP contribution in [0.15, 0.2) is 71.7 Å². The minimum absolute atomic E-state index is 0.00378. The van der Waals surface area contributed by atoms with Crippen LogP contribution in [0.2, 0.25) is 5.02 Å². The van der Waals surface area contributed by atoms with Gasteiger partial charge in [0.2, 0.25) is 11.8 Å². The van der Waals surface area contributed by atoms with Gasteiger partial charge in [-0.25, -0.2) is 4.99 Å². The van der Waals surface area contributed by atoms with Gasteiger partial charge in [-0.2, -0.15) is 0 Å². The first-order valence-corrected chi connectivity index (χ1v) is 12.6. The smallest absolute Gasteiger partial charge is 0.242 e. The van der Waals surface area contributed by atoms with Gasteiger partial charge >= 0.3 is 0 Å². The number of nitrogens with one attached hydrogen (secondary N) is 1. The summed E-state index contributed by atoms with van der Waals surface area (Å²) in [5, 5.41) is 3.28. The van der Waals surface area contributed by atoms with Gasteiger partial charge in [-0.3, -0.25) is 14.5 Å². The van der Waals surface area contributed by atoms with Crippen LogP contribution in [0.5, 0.6) is 17.2 Å². The second kappa shape index (κ2) is 12.0. The van der Waals surface area contributed by atoms with Crippen LogP contribution in [0, 0.1) is 0 Å². The molecule has 2 amide bonds. The summed E-state index contributed by atoms with van der Waals surface area (Å²) >= 11 is 7.19. The number of nitrogens with zero attached hydrogens (tertiary/aromatic N) is 2. The number of methoxy groups -OCH3 is 3. The fourth-order valence-electron chi connectivity index (χ4n) is 3.71. The van der Waals surface area contributed by atoms with Crippen molar-refractivity contribution >= 4 is 51.7 Å². The van der Waals surface area contributed by atoms with Crippen molar-refractivity contribution in [2.45, 2.75) is 18.2 Å². The largest absolute Gasteiger partial charge is 0.497 e. The SMILES string of the molecule is COc1ccc(N=C2S[C@H](CC(=O)Nc3ccc(Cl)cc3)C(=O)N2Cc2ccc(OC)c(OC)c2)cc1. The number of amidine groups is 1. The molecule has 192 valence electrons. The summed E-state index contributed by atoms with van der Waals surface area (Å²) in [4.78, 5) is 32.5. The molecule has 0 radical (unpaired) electrons. The summed E-state index contributed by atoms with van der Waals surface area (Å²) in [5.74, 6) is 1.39. The van der Waals surface area contributed by atoms with Gasteiger partial charge in [0.05, 0.1) is 33.6 Å². The average molecular weight is 540 g/mol. The quantitative estimate of drug-likeness (QED) is 0.385. The molecule has 3 aromatic rings. The normalized spacial score (nSPS) is 16.1. The molecule has 37 heavy (non-hydrogen) atoms. The molecule has 1 fully saturated rings. The molecular formula is C27H26ClN3O5S. The van der Waals surface area contributed by atoms with E-state index in [0.717, 1.165) is 5.56 Å². The molecule has 3 aromatic carbocycles. The minimum Gasteiger partial charge on any atom is -0.497 e. The highest BCUT2D eigenvalue weighted by Crippen LogP contribution is 2.35. The van der Waals surface area contributed by atoms with Crippen LogP contribution >= 0.6 is 23.4 Å². The maximum absolute atomic E-state index is 13.5. The number of carbonyl (C=O) groups is 2. The first kappa shape index (κ1) is 26.4. The number of halogens is 1. The highest BCUT2D eigenvalue weighted by atomic mass is 35.5. The zero-order valence-electron chi connectivity index (χ0n) is 20.6. The highest BCUT2D eigenvalue weighted by molar-refractivity contribution is 8.15. The van der Waals surface area contributed by atoms with Crippen LogP contribution in [-0.2, 0) is 16.1 Å². The van der Waals surface area contributed by atoms with E-state index in [0.29, 0.717) is 38.8 Å². The third-order valence-electron chi connectivity index (χ3n) is 5.60. The Morgan fingerprint density at radius 2 is 1.68 bits per heavy atom. The third-order valence-corrected chi connectivity index (χ3v) is 7.03. The number of rotatable bonds is 9. The Balaban J connectivity index is 1.57. The molecule has 1 N–H and O–H groups in total. The number of ether oxygens (including phenoxy) is 3. The number of hydrogen-bond donors (Lipinski definition) is 1. The lowest BCUT2D eigenvalue weighted by atomic mass is 10.1. The van der Waals surface area contributed by atoms with E-state index in [2.05, 4.69) is 5.32 Å². The lowest BCUT2D eigenvalue weighted by molar-refractivity contribution is -0.128. The molecular weight excluding hydrogens is 514 g/mol. The van der Waals surface area contributed by atoms with Crippen molar-refractivity contribution in [2.75, 3.05) is 26.6 Å². The van der Waals surface area contributed by atoms with Gasteiger partial charge in [-0.15, -0.1) is 0 Å². The summed E-state index contributed by atoms with van der Waals surface area (Å²) in [6, 6.07) is 19.5. The molecule has 10 heteroatoms. The van der Waals surface area contributed by atoms with E-state index in [4.69, 9.17) is 30.8 Å². The average Bonchev–Trinajstić information content (AvgIpc) is 3.18. The maximum atomic E-state index is 13.5. The predicted octanol–water partition coefficient (Wildman–Crippen LogP) is 5.53. The van der Waals surface area contributed by atoms with Crippen LogP contribution in [0.1, 0.15) is 12.0 Å². The summed E-state index contributed by atoms with van der Waals surface area (Å²) < 4.78 is 16.0. The van der Waals surface area contributed by atoms with Crippen molar-refractivity contribution in [3.63, 3.8) is 0 Å². The zero-order valence-corrected chi connectivity index (χ0v) is 22.1. The minimum atomic E-state index is -0.621. The molecule has 1 heterocycles. The van der Waals surface area contributed by atoms with Crippen LogP contribution in [0.25, 0.3) is 0 Å². The Bertz CT molecular complexity index is 1300. The molecule has 1 atom stereocenters. The molecule has 0 aliphatic carbocycles. The Labute approximate surface area is 224 Å². The van der Waals surface area contributed by atoms with Crippen molar-refractivity contribution in [1.29, 1.82) is 0 Å². The van der Waals surface area contributed by atoms with Crippen molar-refractivity contribution in [3.05, 3.63) is 77.3 Å². The van der Waals surface area contributed by atoms with E-state index in [1.807, 2.05) is 24.3 Å². The summed E-state index contributed by atoms with van der Waals surface area (Å²) in [6.07, 6.45) is -0.00378. The molecule has 0 unspecified atom stereocenters. The van der Waals surface area contributed by atoms with E-state index in [1.54, 1.807) is 68.7 Å². The number of thioether (sulfide) groups is 1. The van der Waals surface area contributed by atoms with Crippen molar-refractivity contribution in [1.82, 2.24) is 4.90 Å². The number of hydrogen-bond acceptors (Lipinski definition) is 7. The second-order valence-electron chi connectivity index (χ2n) is 8.07. The first-order chi connectivity index (χ1) is 17.9. The molecule has 1 aliphatic rings. The molecule has 1 aliphatic heterocycles. The van der Waals surface area contributed by atoms with Crippen LogP contribution < -0.4 is 19.5 Å². The Morgan fingerprint density at radius 1 is 0.973 bits per heavy atom. The molecule has 4 rings (SSSR count). The standard InChI is InChI=1S/C27H26ClN3O5S/c1-34-21-11-9-20(10-12-21)30-27-31(16-17-4-13-22(35-2)23(14-17)36-3)26(33)24(37-27)15-25(32)29-19-7-5-18(28)6-8-19/h4-14,24H,15-16H2,1-3H3,(H,29,32)/t24-/m1/s1. The van der Waals surface area contributed by atoms with Crippen molar-refractivity contribution < 1.29 is 23.8 Å². The molecule has 8 nitrogen and oxygen atoms in total. The summed E-state index contributed by atoms with van der Waals surface area (Å²) in [7, 11) is 4.72. The van der Waals surface area contributed by atoms with Crippen molar-refractivity contribution in [2.24, 2.45) is 4.99 Å². The number of anilines is 1. The molecule has 0 saturated carbocycles. The monoisotopic (exact) mass is 539 g/mol. The summed E-state index contributed by atoms with van der Waals surface area (Å²) in [6.45, 7) is 0.260. The van der Waals surface area contributed by atoms with Crippen molar-refractivity contribution in [3.8, 4) is 17.2 Å². The maximum Gasteiger partial charge on any atom is 0.242 e. The number of amides is 2. The lowest BCUT2D eigenvalue weighted by Crippen LogP contribution is -2.33. The van der Waals surface area contributed by atoms with Gasteiger partial charge in [0.1, 0.15) is 11.0 Å². The van der Waals surface area contributed by atoms with E-state index < -0.39 is 5.25 Å². The lowest BCUT2D eigenvalue weighted by Gasteiger charge is -2.18. The molecule has 0 spiro atoms. The Kier molecular flexibility index (Phi) is 8.58. The topological polar surface area (TPSA) is 89.5 Å². The van der Waals surface area contributed by atoms with E-state index in [9.17, 15) is 9.59 Å². The van der Waals surface area contributed by atoms with Gasteiger partial charge in [0, 0.05) is 17.1 Å². The third kappa shape index (κ3) is 6.55. The number of carbonyl (C=O) groups excluding carboxylic acids is 2. The number of aliphatic imine (C=N–C) groups is 1. The molecule has 1 saturated heterocycles. The van der Waals surface area contributed by atoms with Gasteiger partial charge in [0.25, 0.3) is 0 Å². The Morgan fingerprint density at radius 3 is 2.32 bits per heavy atom. The first-order valence-electron chi connectivity index (χ1n) is 11.4. The summed E-state index contributed by atoms with van der Waals surface area (Å²) in [5.41, 5.74) is 2.11. The van der Waals surface area contributed by atoms with Crippen LogP contribution in [-0.4, -0.2) is 48.5 Å². The fraction of sp³-hybridized carbons (Fsp3) is 0.222. The molecule has 0 bridgehead atoms.